The van der Waals surface area contributed by atoms with Crippen LogP contribution in [0, 0.1) is 0 Å². The van der Waals surface area contributed by atoms with Crippen molar-refractivity contribution in [3.63, 3.8) is 0 Å². The Morgan fingerprint density at radius 1 is 1.00 bits per heavy atom. The van der Waals surface area contributed by atoms with Crippen LogP contribution in [0.1, 0.15) is 36.8 Å². The average Bonchev–Trinajstić information content (AvgIpc) is 3.18. The minimum atomic E-state index is -1.22. The second-order valence-corrected chi connectivity index (χ2v) is 9.16. The lowest BCUT2D eigenvalue weighted by molar-refractivity contribution is -0.143. The minimum Gasteiger partial charge on any atom is -0.480 e. The van der Waals surface area contributed by atoms with Crippen LogP contribution in [0.15, 0.2) is 48.5 Å². The van der Waals surface area contributed by atoms with Gasteiger partial charge in [0.25, 0.3) is 0 Å². The first-order chi connectivity index (χ1) is 17.4. The Bertz CT molecular complexity index is 1050. The smallest absolute Gasteiger partial charge is 0.407 e. The summed E-state index contributed by atoms with van der Waals surface area (Å²) in [4.78, 5) is 47.2. The number of rotatable bonds is 13. The van der Waals surface area contributed by atoms with Crippen LogP contribution in [0.4, 0.5) is 4.79 Å². The lowest BCUT2D eigenvalue weighted by atomic mass is 9.98. The lowest BCUT2D eigenvalue weighted by Gasteiger charge is -2.17. The highest BCUT2D eigenvalue weighted by Crippen LogP contribution is 2.44. The van der Waals surface area contributed by atoms with Gasteiger partial charge in [0.1, 0.15) is 12.6 Å². The summed E-state index contributed by atoms with van der Waals surface area (Å²) in [7, 11) is 0. The Balaban J connectivity index is 1.42. The van der Waals surface area contributed by atoms with E-state index in [-0.39, 0.29) is 42.3 Å². The van der Waals surface area contributed by atoms with E-state index in [0.717, 1.165) is 34.0 Å². The van der Waals surface area contributed by atoms with E-state index in [1.54, 1.807) is 6.92 Å². The summed E-state index contributed by atoms with van der Waals surface area (Å²) in [6, 6.07) is 14.7. The number of carboxylic acid groups (broad SMARTS) is 1. The number of amides is 2. The first-order valence-electron chi connectivity index (χ1n) is 11.7. The van der Waals surface area contributed by atoms with E-state index in [9.17, 15) is 24.3 Å². The van der Waals surface area contributed by atoms with Gasteiger partial charge in [0.05, 0.1) is 12.4 Å². The maximum atomic E-state index is 12.4. The van der Waals surface area contributed by atoms with E-state index < -0.39 is 18.1 Å². The normalized spacial score (nSPS) is 12.7. The van der Waals surface area contributed by atoms with E-state index in [4.69, 9.17) is 9.47 Å². The number of ether oxygens (including phenoxy) is 2. The molecule has 0 fully saturated rings. The number of hydrogen-bond donors (Lipinski definition) is 3. The van der Waals surface area contributed by atoms with Crippen LogP contribution in [-0.2, 0) is 23.9 Å². The Morgan fingerprint density at radius 3 is 2.25 bits per heavy atom. The number of benzene rings is 2. The molecule has 0 radical (unpaired) electrons. The van der Waals surface area contributed by atoms with Gasteiger partial charge in [-0.3, -0.25) is 9.59 Å². The van der Waals surface area contributed by atoms with E-state index in [1.165, 1.54) is 0 Å². The van der Waals surface area contributed by atoms with Gasteiger partial charge in [0.15, 0.2) is 0 Å². The standard InChI is InChI=1S/C26H30N2O7S/c1-2-34-24(30)12-7-13-27-23(29)16-36-15-22(25(31)32)28-26(33)35-14-21-19-10-5-3-8-17(19)18-9-4-6-11-20(18)21/h3-6,8-11,21-22H,2,7,12-16H2,1H3,(H,27,29)(H,28,33)(H,31,32). The van der Waals surface area contributed by atoms with Crippen LogP contribution >= 0.6 is 11.8 Å². The minimum absolute atomic E-state index is 0.00419. The monoisotopic (exact) mass is 514 g/mol. The third-order valence-corrected chi connectivity index (χ3v) is 6.67. The van der Waals surface area contributed by atoms with Gasteiger partial charge in [0, 0.05) is 24.6 Å². The second-order valence-electron chi connectivity index (χ2n) is 8.13. The lowest BCUT2D eigenvalue weighted by Crippen LogP contribution is -2.43. The molecule has 192 valence electrons. The number of hydrogen-bond acceptors (Lipinski definition) is 7. The molecule has 3 rings (SSSR count). The molecule has 0 saturated heterocycles. The van der Waals surface area contributed by atoms with Crippen LogP contribution in [-0.4, -0.2) is 66.4 Å². The number of thioether (sulfide) groups is 1. The average molecular weight is 515 g/mol. The quantitative estimate of drug-likeness (QED) is 0.274. The molecule has 2 aromatic carbocycles. The zero-order valence-electron chi connectivity index (χ0n) is 20.0. The topological polar surface area (TPSA) is 131 Å². The number of carbonyl (C=O) groups is 4. The summed E-state index contributed by atoms with van der Waals surface area (Å²) < 4.78 is 10.2. The molecule has 0 bridgehead atoms. The predicted molar refractivity (Wildman–Crippen MR) is 136 cm³/mol. The Morgan fingerprint density at radius 2 is 1.64 bits per heavy atom. The molecule has 3 N–H and O–H groups in total. The molecule has 1 atom stereocenters. The number of nitrogens with one attached hydrogen (secondary N) is 2. The van der Waals surface area contributed by atoms with Crippen LogP contribution in [0.2, 0.25) is 0 Å². The van der Waals surface area contributed by atoms with Gasteiger partial charge in [-0.25, -0.2) is 9.59 Å². The summed E-state index contributed by atoms with van der Waals surface area (Å²) in [5.41, 5.74) is 4.32. The molecule has 0 aromatic heterocycles. The van der Waals surface area contributed by atoms with Gasteiger partial charge in [0.2, 0.25) is 5.91 Å². The maximum absolute atomic E-state index is 12.4. The van der Waals surface area contributed by atoms with Crippen molar-refractivity contribution in [1.82, 2.24) is 10.6 Å². The largest absolute Gasteiger partial charge is 0.480 e. The molecular formula is C26H30N2O7S. The molecule has 0 spiro atoms. The molecule has 2 aromatic rings. The summed E-state index contributed by atoms with van der Waals surface area (Å²) >= 11 is 1.08. The van der Waals surface area contributed by atoms with Gasteiger partial charge in [-0.15, -0.1) is 11.8 Å². The molecule has 36 heavy (non-hydrogen) atoms. The number of aliphatic carboxylic acids is 1. The van der Waals surface area contributed by atoms with Gasteiger partial charge < -0.3 is 25.2 Å². The van der Waals surface area contributed by atoms with Crippen molar-refractivity contribution < 1.29 is 33.8 Å². The van der Waals surface area contributed by atoms with Gasteiger partial charge >= 0.3 is 18.0 Å². The first-order valence-corrected chi connectivity index (χ1v) is 12.9. The number of alkyl carbamates (subject to hydrolysis) is 1. The fraction of sp³-hybridized carbons (Fsp3) is 0.385. The summed E-state index contributed by atoms with van der Waals surface area (Å²) in [5, 5.41) is 14.5. The third-order valence-electron chi connectivity index (χ3n) is 5.64. The molecule has 0 saturated carbocycles. The zero-order chi connectivity index (χ0) is 25.9. The van der Waals surface area contributed by atoms with E-state index in [1.807, 2.05) is 48.5 Å². The Kier molecular flexibility index (Phi) is 10.2. The van der Waals surface area contributed by atoms with Crippen LogP contribution < -0.4 is 10.6 Å². The Hall–Kier alpha value is -3.53. The second kappa shape index (κ2) is 13.5. The fourth-order valence-electron chi connectivity index (χ4n) is 3.97. The summed E-state index contributed by atoms with van der Waals surface area (Å²) in [5.74, 6) is -1.93. The zero-order valence-corrected chi connectivity index (χ0v) is 20.8. The molecule has 9 nitrogen and oxygen atoms in total. The van der Waals surface area contributed by atoms with E-state index in [2.05, 4.69) is 10.6 Å². The predicted octanol–water partition coefficient (Wildman–Crippen LogP) is 3.17. The maximum Gasteiger partial charge on any atom is 0.407 e. The van der Waals surface area contributed by atoms with Gasteiger partial charge in [-0.2, -0.15) is 0 Å². The molecule has 1 aliphatic carbocycles. The van der Waals surface area contributed by atoms with Crippen LogP contribution in [0.3, 0.4) is 0 Å². The van der Waals surface area contributed by atoms with Crippen molar-refractivity contribution >= 4 is 35.7 Å². The van der Waals surface area contributed by atoms with Crippen molar-refractivity contribution in [3.05, 3.63) is 59.7 Å². The van der Waals surface area contributed by atoms with Crippen molar-refractivity contribution in [2.45, 2.75) is 31.7 Å². The number of carbonyl (C=O) groups excluding carboxylic acids is 3. The highest BCUT2D eigenvalue weighted by atomic mass is 32.2. The third kappa shape index (κ3) is 7.48. The van der Waals surface area contributed by atoms with Crippen molar-refractivity contribution in [1.29, 1.82) is 0 Å². The van der Waals surface area contributed by atoms with E-state index >= 15 is 0 Å². The Labute approximate surface area is 213 Å². The number of carboxylic acids is 1. The summed E-state index contributed by atoms with van der Waals surface area (Å²) in [6.07, 6.45) is -0.156. The van der Waals surface area contributed by atoms with Crippen LogP contribution in [0.25, 0.3) is 11.1 Å². The molecule has 0 aliphatic heterocycles. The van der Waals surface area contributed by atoms with E-state index in [0.29, 0.717) is 19.6 Å². The molecule has 10 heteroatoms. The van der Waals surface area contributed by atoms with Crippen LogP contribution in [0.5, 0.6) is 0 Å². The molecule has 0 heterocycles. The highest BCUT2D eigenvalue weighted by Gasteiger charge is 2.29. The SMILES string of the molecule is CCOC(=O)CCCNC(=O)CSCC(NC(=O)OCC1c2ccccc2-c2ccccc21)C(=O)O. The number of fused-ring (bicyclic) bond motifs is 3. The molecular weight excluding hydrogens is 484 g/mol. The van der Waals surface area contributed by atoms with Crippen molar-refractivity contribution in [2.24, 2.45) is 0 Å². The molecule has 2 amide bonds. The van der Waals surface area contributed by atoms with Gasteiger partial charge in [-0.05, 0) is 35.6 Å². The van der Waals surface area contributed by atoms with Gasteiger partial charge in [-0.1, -0.05) is 48.5 Å². The highest BCUT2D eigenvalue weighted by molar-refractivity contribution is 8.00. The first kappa shape index (κ1) is 27.1. The molecule has 1 aliphatic rings. The summed E-state index contributed by atoms with van der Waals surface area (Å²) in [6.45, 7) is 2.44. The number of esters is 1. The molecule has 1 unspecified atom stereocenters. The fourth-order valence-corrected chi connectivity index (χ4v) is 4.84. The van der Waals surface area contributed by atoms with Crippen molar-refractivity contribution in [2.75, 3.05) is 31.3 Å². The van der Waals surface area contributed by atoms with Crippen molar-refractivity contribution in [3.8, 4) is 11.1 Å².